The summed E-state index contributed by atoms with van der Waals surface area (Å²) in [6.07, 6.45) is 1.34. The number of anilines is 1. The van der Waals surface area contributed by atoms with Crippen LogP contribution in [0, 0.1) is 6.92 Å². The fourth-order valence-corrected chi connectivity index (χ4v) is 2.06. The first-order valence-corrected chi connectivity index (χ1v) is 6.80. The number of aliphatic hydroxyl groups is 1. The lowest BCUT2D eigenvalue weighted by atomic mass is 9.89. The van der Waals surface area contributed by atoms with Gasteiger partial charge in [0.1, 0.15) is 17.3 Å². The van der Waals surface area contributed by atoms with Crippen molar-refractivity contribution in [1.29, 1.82) is 0 Å². The second-order valence-corrected chi connectivity index (χ2v) is 4.75. The zero-order valence-corrected chi connectivity index (χ0v) is 12.2. The lowest BCUT2D eigenvalue weighted by molar-refractivity contribution is -0.113. The highest BCUT2D eigenvalue weighted by atomic mass is 35.5. The first-order chi connectivity index (χ1) is 10.0. The molecule has 0 bridgehead atoms. The highest BCUT2D eigenvalue weighted by molar-refractivity contribution is 6.29. The molecule has 0 fully saturated rings. The maximum absolute atomic E-state index is 11.5. The van der Waals surface area contributed by atoms with Gasteiger partial charge in [-0.3, -0.25) is 4.79 Å². The van der Waals surface area contributed by atoms with E-state index in [1.165, 1.54) is 6.08 Å². The van der Waals surface area contributed by atoms with Crippen molar-refractivity contribution in [3.63, 3.8) is 0 Å². The molecule has 5 nitrogen and oxygen atoms in total. The van der Waals surface area contributed by atoms with E-state index in [4.69, 9.17) is 16.1 Å². The molecule has 0 saturated carbocycles. The predicted octanol–water partition coefficient (Wildman–Crippen LogP) is 2.58. The number of carbonyl (C=O) groups excluding carboxylic acids is 1. The molecule has 0 saturated heterocycles. The average Bonchev–Trinajstić information content (AvgIpc) is 2.88. The van der Waals surface area contributed by atoms with E-state index in [1.54, 1.807) is 31.2 Å². The van der Waals surface area contributed by atoms with Crippen LogP contribution in [-0.2, 0) is 10.4 Å². The number of aromatic nitrogens is 1. The summed E-state index contributed by atoms with van der Waals surface area (Å²) in [4.78, 5) is 11.5. The number of alkyl halides is 1. The molecule has 0 aliphatic rings. The highest BCUT2D eigenvalue weighted by Crippen LogP contribution is 2.36. The van der Waals surface area contributed by atoms with Crippen LogP contribution in [0.4, 0.5) is 5.69 Å². The summed E-state index contributed by atoms with van der Waals surface area (Å²) >= 11 is 5.49. The predicted molar refractivity (Wildman–Crippen MR) is 80.2 cm³/mol. The molecular weight excluding hydrogens is 292 g/mol. The van der Waals surface area contributed by atoms with E-state index in [0.717, 1.165) is 0 Å². The summed E-state index contributed by atoms with van der Waals surface area (Å²) < 4.78 is 5.09. The van der Waals surface area contributed by atoms with Gasteiger partial charge in [0.25, 0.3) is 0 Å². The molecule has 2 N–H and O–H groups in total. The molecule has 1 heterocycles. The van der Waals surface area contributed by atoms with Crippen LogP contribution in [0.15, 0.2) is 47.5 Å². The standard InChI is InChI=1S/C15H15ClN2O3/c1-3-15(20,11-7-5-4-6-8-11)14-13(10(2)21-18-14)17-12(19)9-16/h3-8,20H,1,9H2,2H3,(H,17,19). The zero-order chi connectivity index (χ0) is 15.5. The van der Waals surface area contributed by atoms with E-state index >= 15 is 0 Å². The number of nitrogens with zero attached hydrogens (tertiary/aromatic N) is 1. The minimum absolute atomic E-state index is 0.166. The van der Waals surface area contributed by atoms with Gasteiger partial charge in [-0.2, -0.15) is 0 Å². The smallest absolute Gasteiger partial charge is 0.239 e. The van der Waals surface area contributed by atoms with Gasteiger partial charge in [-0.15, -0.1) is 11.6 Å². The zero-order valence-electron chi connectivity index (χ0n) is 11.5. The molecule has 2 rings (SSSR count). The van der Waals surface area contributed by atoms with Crippen LogP contribution in [0.5, 0.6) is 0 Å². The highest BCUT2D eigenvalue weighted by Gasteiger charge is 2.35. The Bertz CT molecular complexity index is 654. The third kappa shape index (κ3) is 2.84. The minimum atomic E-state index is -1.58. The van der Waals surface area contributed by atoms with Gasteiger partial charge in [-0.05, 0) is 18.6 Å². The van der Waals surface area contributed by atoms with Crippen molar-refractivity contribution in [1.82, 2.24) is 5.16 Å². The number of nitrogens with one attached hydrogen (secondary N) is 1. The van der Waals surface area contributed by atoms with Crippen LogP contribution < -0.4 is 5.32 Å². The van der Waals surface area contributed by atoms with E-state index in [-0.39, 0.29) is 11.6 Å². The maximum atomic E-state index is 11.5. The maximum Gasteiger partial charge on any atom is 0.239 e. The van der Waals surface area contributed by atoms with E-state index < -0.39 is 11.5 Å². The van der Waals surface area contributed by atoms with E-state index in [1.807, 2.05) is 6.07 Å². The Labute approximate surface area is 127 Å². The van der Waals surface area contributed by atoms with Crippen LogP contribution in [-0.4, -0.2) is 22.1 Å². The molecule has 21 heavy (non-hydrogen) atoms. The van der Waals surface area contributed by atoms with Gasteiger partial charge in [0.15, 0.2) is 11.4 Å². The molecular formula is C15H15ClN2O3. The lowest BCUT2D eigenvalue weighted by Gasteiger charge is -2.23. The minimum Gasteiger partial charge on any atom is -0.375 e. The van der Waals surface area contributed by atoms with Crippen LogP contribution in [0.2, 0.25) is 0 Å². The fourth-order valence-electron chi connectivity index (χ4n) is 2.00. The summed E-state index contributed by atoms with van der Waals surface area (Å²) in [5, 5.41) is 17.4. The summed E-state index contributed by atoms with van der Waals surface area (Å²) in [6.45, 7) is 5.30. The largest absolute Gasteiger partial charge is 0.375 e. The molecule has 110 valence electrons. The van der Waals surface area contributed by atoms with Crippen molar-refractivity contribution >= 4 is 23.2 Å². The van der Waals surface area contributed by atoms with E-state index in [9.17, 15) is 9.90 Å². The van der Waals surface area contributed by atoms with Crippen molar-refractivity contribution in [3.05, 3.63) is 60.0 Å². The number of aryl methyl sites for hydroxylation is 1. The molecule has 1 aromatic carbocycles. The van der Waals surface area contributed by atoms with Crippen molar-refractivity contribution in [2.45, 2.75) is 12.5 Å². The molecule has 2 aromatic rings. The van der Waals surface area contributed by atoms with Crippen molar-refractivity contribution < 1.29 is 14.4 Å². The Hall–Kier alpha value is -2.11. The lowest BCUT2D eigenvalue weighted by Crippen LogP contribution is -2.27. The molecule has 1 amide bonds. The monoisotopic (exact) mass is 306 g/mol. The number of benzene rings is 1. The number of rotatable bonds is 5. The second-order valence-electron chi connectivity index (χ2n) is 4.48. The average molecular weight is 307 g/mol. The molecule has 1 unspecified atom stereocenters. The van der Waals surface area contributed by atoms with Crippen LogP contribution in [0.1, 0.15) is 17.0 Å². The Morgan fingerprint density at radius 1 is 1.52 bits per heavy atom. The van der Waals surface area contributed by atoms with Crippen LogP contribution in [0.25, 0.3) is 0 Å². The van der Waals surface area contributed by atoms with Crippen molar-refractivity contribution in [2.24, 2.45) is 0 Å². The van der Waals surface area contributed by atoms with Gasteiger partial charge in [0.05, 0.1) is 0 Å². The first kappa shape index (κ1) is 15.3. The summed E-state index contributed by atoms with van der Waals surface area (Å²) in [6, 6.07) is 8.87. The van der Waals surface area contributed by atoms with Gasteiger partial charge < -0.3 is 14.9 Å². The van der Waals surface area contributed by atoms with E-state index in [2.05, 4.69) is 17.1 Å². The number of hydrogen-bond donors (Lipinski definition) is 2. The molecule has 0 radical (unpaired) electrons. The quantitative estimate of drug-likeness (QED) is 0.657. The normalized spacial score (nSPS) is 13.5. The summed E-state index contributed by atoms with van der Waals surface area (Å²) in [5.41, 5.74) is -0.547. The Morgan fingerprint density at radius 3 is 2.76 bits per heavy atom. The number of carbonyl (C=O) groups is 1. The number of amides is 1. The molecule has 1 atom stereocenters. The van der Waals surface area contributed by atoms with Crippen molar-refractivity contribution in [3.8, 4) is 0 Å². The SMILES string of the molecule is C=CC(O)(c1ccccc1)c1noc(C)c1NC(=O)CCl. The van der Waals surface area contributed by atoms with Gasteiger partial charge in [0, 0.05) is 0 Å². The number of halogens is 1. The summed E-state index contributed by atoms with van der Waals surface area (Å²) in [7, 11) is 0. The fraction of sp³-hybridized carbons (Fsp3) is 0.200. The van der Waals surface area contributed by atoms with Gasteiger partial charge >= 0.3 is 0 Å². The molecule has 6 heteroatoms. The van der Waals surface area contributed by atoms with Crippen LogP contribution in [0.3, 0.4) is 0 Å². The Balaban J connectivity index is 2.53. The van der Waals surface area contributed by atoms with E-state index in [0.29, 0.717) is 17.0 Å². The Morgan fingerprint density at radius 2 is 2.19 bits per heavy atom. The first-order valence-electron chi connectivity index (χ1n) is 6.27. The molecule has 0 aliphatic carbocycles. The van der Waals surface area contributed by atoms with Crippen LogP contribution >= 0.6 is 11.6 Å². The van der Waals surface area contributed by atoms with Gasteiger partial charge in [-0.25, -0.2) is 0 Å². The number of hydrogen-bond acceptors (Lipinski definition) is 4. The second kappa shape index (κ2) is 6.11. The van der Waals surface area contributed by atoms with Gasteiger partial charge in [-0.1, -0.05) is 42.1 Å². The van der Waals surface area contributed by atoms with Gasteiger partial charge in [0.2, 0.25) is 5.91 Å². The third-order valence-electron chi connectivity index (χ3n) is 3.12. The topological polar surface area (TPSA) is 75.4 Å². The molecule has 0 aliphatic heterocycles. The van der Waals surface area contributed by atoms with Crippen molar-refractivity contribution in [2.75, 3.05) is 11.2 Å². The third-order valence-corrected chi connectivity index (χ3v) is 3.36. The Kier molecular flexibility index (Phi) is 4.45. The molecule has 0 spiro atoms. The molecule has 1 aromatic heterocycles. The summed E-state index contributed by atoms with van der Waals surface area (Å²) in [5.74, 6) is -0.245.